The number of ether oxygens (including phenoxy) is 2. The Morgan fingerprint density at radius 3 is 2.35 bits per heavy atom. The molecule has 0 radical (unpaired) electrons. The average molecular weight is 315 g/mol. The summed E-state index contributed by atoms with van der Waals surface area (Å²) in [6.45, 7) is 8.73. The third-order valence-corrected chi connectivity index (χ3v) is 4.05. The smallest absolute Gasteiger partial charge is 0.256 e. The fourth-order valence-electron chi connectivity index (χ4n) is 2.56. The number of carbonyl (C=O) groups excluding carboxylic acids is 1. The van der Waals surface area contributed by atoms with Gasteiger partial charge in [-0.2, -0.15) is 0 Å². The van der Waals surface area contributed by atoms with Crippen LogP contribution in [0.3, 0.4) is 0 Å². The largest absolute Gasteiger partial charge is 0.493 e. The van der Waals surface area contributed by atoms with E-state index in [1.165, 1.54) is 0 Å². The van der Waals surface area contributed by atoms with Crippen LogP contribution in [0, 0.1) is 0 Å². The molecule has 1 amide bonds. The lowest BCUT2D eigenvalue weighted by Gasteiger charge is -2.27. The van der Waals surface area contributed by atoms with Gasteiger partial charge in [-0.15, -0.1) is 0 Å². The lowest BCUT2D eigenvalue weighted by atomic mass is 10.0. The number of amides is 1. The Morgan fingerprint density at radius 1 is 1.04 bits per heavy atom. The molecule has 0 aromatic heterocycles. The van der Waals surface area contributed by atoms with Crippen LogP contribution in [0.25, 0.3) is 10.8 Å². The van der Waals surface area contributed by atoms with E-state index < -0.39 is 5.60 Å². The predicted molar refractivity (Wildman–Crippen MR) is 94.1 cm³/mol. The molecular formula is C19H25NO3. The lowest BCUT2D eigenvalue weighted by Crippen LogP contribution is -2.42. The normalized spacial score (nSPS) is 13.6. The minimum absolute atomic E-state index is 0.129. The van der Waals surface area contributed by atoms with E-state index in [4.69, 9.17) is 9.47 Å². The van der Waals surface area contributed by atoms with Crippen LogP contribution in [0.15, 0.2) is 36.4 Å². The Labute approximate surface area is 137 Å². The average Bonchev–Trinajstić information content (AvgIpc) is 2.57. The number of carbonyl (C=O) groups is 1. The molecule has 1 atom stereocenters. The van der Waals surface area contributed by atoms with Gasteiger partial charge in [0, 0.05) is 23.1 Å². The predicted octanol–water partition coefficient (Wildman–Crippen LogP) is 4.38. The van der Waals surface area contributed by atoms with Gasteiger partial charge < -0.3 is 14.8 Å². The maximum absolute atomic E-state index is 12.6. The summed E-state index contributed by atoms with van der Waals surface area (Å²) < 4.78 is 11.3. The Balaban J connectivity index is 2.37. The monoisotopic (exact) mass is 315 g/mol. The molecule has 0 aliphatic heterocycles. The SMILES string of the molecule is CCOc1ccc(NC(=O)[C@](C)(CC)OCC)c2ccccc12. The maximum Gasteiger partial charge on any atom is 0.256 e. The van der Waals surface area contributed by atoms with E-state index in [2.05, 4.69) is 5.32 Å². The summed E-state index contributed by atoms with van der Waals surface area (Å²) in [6.07, 6.45) is 0.613. The highest BCUT2D eigenvalue weighted by molar-refractivity contribution is 6.06. The van der Waals surface area contributed by atoms with Crippen molar-refractivity contribution in [3.8, 4) is 5.75 Å². The minimum Gasteiger partial charge on any atom is -0.493 e. The molecule has 0 aliphatic rings. The topological polar surface area (TPSA) is 47.6 Å². The van der Waals surface area contributed by atoms with E-state index in [9.17, 15) is 4.79 Å². The number of fused-ring (bicyclic) bond motifs is 1. The van der Waals surface area contributed by atoms with Crippen LogP contribution in [0.1, 0.15) is 34.1 Å². The zero-order chi connectivity index (χ0) is 16.9. The second-order valence-electron chi connectivity index (χ2n) is 5.56. The standard InChI is InChI=1S/C19H25NO3/c1-5-19(4,23-7-3)18(21)20-16-12-13-17(22-6-2)15-11-9-8-10-14(15)16/h8-13H,5-7H2,1-4H3,(H,20,21)/t19-/m0/s1. The first kappa shape index (κ1) is 17.3. The summed E-state index contributed by atoms with van der Waals surface area (Å²) in [4.78, 5) is 12.6. The van der Waals surface area contributed by atoms with Gasteiger partial charge in [-0.1, -0.05) is 31.2 Å². The van der Waals surface area contributed by atoms with Crippen LogP contribution < -0.4 is 10.1 Å². The minimum atomic E-state index is -0.825. The van der Waals surface area contributed by atoms with Crippen LogP contribution in [0.5, 0.6) is 5.75 Å². The molecule has 2 aromatic rings. The molecule has 0 aliphatic carbocycles. The molecule has 0 fully saturated rings. The Hall–Kier alpha value is -2.07. The number of hydrogen-bond donors (Lipinski definition) is 1. The van der Waals surface area contributed by atoms with Crippen LogP contribution in [-0.2, 0) is 9.53 Å². The molecule has 0 saturated carbocycles. The summed E-state index contributed by atoms with van der Waals surface area (Å²) in [5, 5.41) is 4.96. The van der Waals surface area contributed by atoms with Gasteiger partial charge in [-0.25, -0.2) is 0 Å². The van der Waals surface area contributed by atoms with Crippen molar-refractivity contribution in [2.24, 2.45) is 0 Å². The Kier molecular flexibility index (Phi) is 5.61. The van der Waals surface area contributed by atoms with Crippen molar-refractivity contribution >= 4 is 22.4 Å². The maximum atomic E-state index is 12.6. The van der Waals surface area contributed by atoms with Crippen molar-refractivity contribution in [1.82, 2.24) is 0 Å². The molecule has 0 bridgehead atoms. The number of benzene rings is 2. The number of hydrogen-bond acceptors (Lipinski definition) is 3. The first-order chi connectivity index (χ1) is 11.1. The van der Waals surface area contributed by atoms with E-state index in [0.717, 1.165) is 22.2 Å². The summed E-state index contributed by atoms with van der Waals surface area (Å²) in [6, 6.07) is 11.7. The zero-order valence-corrected chi connectivity index (χ0v) is 14.3. The fourth-order valence-corrected chi connectivity index (χ4v) is 2.56. The molecule has 124 valence electrons. The second-order valence-corrected chi connectivity index (χ2v) is 5.56. The molecule has 0 heterocycles. The molecule has 0 spiro atoms. The highest BCUT2D eigenvalue weighted by atomic mass is 16.5. The van der Waals surface area contributed by atoms with Gasteiger partial charge in [0.15, 0.2) is 0 Å². The van der Waals surface area contributed by atoms with Gasteiger partial charge in [-0.05, 0) is 39.3 Å². The Morgan fingerprint density at radius 2 is 1.74 bits per heavy atom. The van der Waals surface area contributed by atoms with Gasteiger partial charge in [0.2, 0.25) is 0 Å². The fraction of sp³-hybridized carbons (Fsp3) is 0.421. The van der Waals surface area contributed by atoms with Gasteiger partial charge >= 0.3 is 0 Å². The number of anilines is 1. The van der Waals surface area contributed by atoms with E-state index in [1.807, 2.05) is 64.1 Å². The van der Waals surface area contributed by atoms with Crippen molar-refractivity contribution in [3.63, 3.8) is 0 Å². The molecule has 0 unspecified atom stereocenters. The third kappa shape index (κ3) is 3.64. The highest BCUT2D eigenvalue weighted by Gasteiger charge is 2.32. The van der Waals surface area contributed by atoms with Crippen molar-refractivity contribution in [2.45, 2.75) is 39.7 Å². The number of rotatable bonds is 7. The first-order valence-electron chi connectivity index (χ1n) is 8.15. The molecule has 23 heavy (non-hydrogen) atoms. The summed E-state index contributed by atoms with van der Waals surface area (Å²) >= 11 is 0. The summed E-state index contributed by atoms with van der Waals surface area (Å²) in [7, 11) is 0. The first-order valence-corrected chi connectivity index (χ1v) is 8.15. The molecule has 2 rings (SSSR count). The second kappa shape index (κ2) is 7.47. The van der Waals surface area contributed by atoms with Crippen molar-refractivity contribution in [3.05, 3.63) is 36.4 Å². The van der Waals surface area contributed by atoms with Gasteiger partial charge in [0.1, 0.15) is 11.4 Å². The van der Waals surface area contributed by atoms with Gasteiger partial charge in [0.05, 0.1) is 6.61 Å². The number of nitrogens with one attached hydrogen (secondary N) is 1. The molecule has 4 heteroatoms. The van der Waals surface area contributed by atoms with E-state index in [-0.39, 0.29) is 5.91 Å². The van der Waals surface area contributed by atoms with Gasteiger partial charge in [0.25, 0.3) is 5.91 Å². The molecule has 4 nitrogen and oxygen atoms in total. The summed E-state index contributed by atoms with van der Waals surface area (Å²) in [5.74, 6) is 0.695. The van der Waals surface area contributed by atoms with E-state index in [0.29, 0.717) is 19.6 Å². The van der Waals surface area contributed by atoms with Crippen LogP contribution in [0.4, 0.5) is 5.69 Å². The molecular weight excluding hydrogens is 290 g/mol. The molecule has 1 N–H and O–H groups in total. The quantitative estimate of drug-likeness (QED) is 0.824. The Bertz CT molecular complexity index is 683. The van der Waals surface area contributed by atoms with Crippen LogP contribution >= 0.6 is 0 Å². The van der Waals surface area contributed by atoms with E-state index >= 15 is 0 Å². The highest BCUT2D eigenvalue weighted by Crippen LogP contribution is 2.32. The molecule has 2 aromatic carbocycles. The lowest BCUT2D eigenvalue weighted by molar-refractivity contribution is -0.139. The van der Waals surface area contributed by atoms with E-state index in [1.54, 1.807) is 0 Å². The summed E-state index contributed by atoms with van der Waals surface area (Å²) in [5.41, 5.74) is -0.0533. The van der Waals surface area contributed by atoms with Gasteiger partial charge in [-0.3, -0.25) is 4.79 Å². The third-order valence-electron chi connectivity index (χ3n) is 4.05. The van der Waals surface area contributed by atoms with Crippen LogP contribution in [-0.4, -0.2) is 24.7 Å². The van der Waals surface area contributed by atoms with Crippen molar-refractivity contribution in [1.29, 1.82) is 0 Å². The zero-order valence-electron chi connectivity index (χ0n) is 14.3. The van der Waals surface area contributed by atoms with Crippen LogP contribution in [0.2, 0.25) is 0 Å². The molecule has 0 saturated heterocycles. The van der Waals surface area contributed by atoms with Crippen molar-refractivity contribution < 1.29 is 14.3 Å². The van der Waals surface area contributed by atoms with Crippen molar-refractivity contribution in [2.75, 3.05) is 18.5 Å².